The molecule has 0 amide bonds. The summed E-state index contributed by atoms with van der Waals surface area (Å²) in [5, 5.41) is 41.4. The summed E-state index contributed by atoms with van der Waals surface area (Å²) in [6.45, 7) is 2.23. The van der Waals surface area contributed by atoms with E-state index >= 15 is 0 Å². The SMILES string of the molecule is N#Cc1cc(Nc2nc(NC3CC3)c3ncc(C#N)n3n2)c(Cl)c(N2CCC3C(CCN3[C@H]3CS(O)(O)C[C@@H]3O)C2)c1. The van der Waals surface area contributed by atoms with E-state index in [2.05, 4.69) is 47.6 Å². The van der Waals surface area contributed by atoms with Crippen molar-refractivity contribution in [3.63, 3.8) is 0 Å². The number of hydrogen-bond acceptors (Lipinski definition) is 12. The summed E-state index contributed by atoms with van der Waals surface area (Å²) in [6, 6.07) is 8.11. The lowest BCUT2D eigenvalue weighted by Crippen LogP contribution is -2.51. The average molecular weight is 611 g/mol. The number of benzene rings is 1. The fraction of sp³-hybridized carbons (Fsp3) is 0.519. The van der Waals surface area contributed by atoms with Gasteiger partial charge in [0.2, 0.25) is 5.95 Å². The van der Waals surface area contributed by atoms with Gasteiger partial charge in [0.15, 0.2) is 17.2 Å². The number of imidazole rings is 1. The molecule has 2 unspecified atom stereocenters. The molecule has 42 heavy (non-hydrogen) atoms. The van der Waals surface area contributed by atoms with E-state index in [1.54, 1.807) is 12.1 Å². The molecule has 4 atom stereocenters. The number of aliphatic hydroxyl groups excluding tert-OH is 1. The summed E-state index contributed by atoms with van der Waals surface area (Å²) in [7, 11) is -2.73. The number of rotatable bonds is 6. The number of aromatic nitrogens is 4. The van der Waals surface area contributed by atoms with Gasteiger partial charge in [-0.1, -0.05) is 11.6 Å². The molecule has 3 aromatic rings. The third kappa shape index (κ3) is 4.98. The minimum absolute atomic E-state index is 0.0530. The molecule has 0 radical (unpaired) electrons. The Bertz CT molecular complexity index is 1630. The molecule has 220 valence electrons. The zero-order valence-corrected chi connectivity index (χ0v) is 24.3. The van der Waals surface area contributed by atoms with E-state index in [9.17, 15) is 24.7 Å². The lowest BCUT2D eigenvalue weighted by atomic mass is 9.91. The molecule has 1 saturated carbocycles. The monoisotopic (exact) mass is 610 g/mol. The first-order valence-corrected chi connectivity index (χ1v) is 16.3. The van der Waals surface area contributed by atoms with Crippen LogP contribution in [-0.4, -0.2) is 94.1 Å². The van der Waals surface area contributed by atoms with E-state index in [1.807, 2.05) is 0 Å². The van der Waals surface area contributed by atoms with Crippen molar-refractivity contribution in [2.75, 3.05) is 46.7 Å². The summed E-state index contributed by atoms with van der Waals surface area (Å²) in [4.78, 5) is 13.4. The fourth-order valence-electron chi connectivity index (χ4n) is 6.65. The Balaban J connectivity index is 1.15. The van der Waals surface area contributed by atoms with Crippen LogP contribution >= 0.6 is 22.2 Å². The minimum atomic E-state index is -2.73. The second-order valence-corrected chi connectivity index (χ2v) is 14.3. The number of piperidine rings is 1. The number of hydrogen-bond donors (Lipinski definition) is 5. The summed E-state index contributed by atoms with van der Waals surface area (Å²) < 4.78 is 21.8. The Morgan fingerprint density at radius 2 is 1.88 bits per heavy atom. The standard InChI is InChI=1S/C27H31ClN10O3S/c28-24-19(33-27-34-25(32-17-1-2-17)26-31-11-18(10-30)38(26)35-27)7-15(9-29)8-21(24)36-5-4-20-16(12-36)3-6-37(20)22-13-42(40,41)14-23(22)39/h7-8,11,16-17,20,22-23,39-41H,1-6,12-14H2,(H2,32,33,34,35)/t16?,20?,22-,23-/m0/s1. The molecule has 13 nitrogen and oxygen atoms in total. The van der Waals surface area contributed by atoms with Crippen molar-refractivity contribution in [1.29, 1.82) is 10.5 Å². The van der Waals surface area contributed by atoms with Gasteiger partial charge in [-0.15, -0.1) is 5.10 Å². The molecule has 0 spiro atoms. The van der Waals surface area contributed by atoms with Crippen LogP contribution < -0.4 is 15.5 Å². The third-order valence-corrected chi connectivity index (χ3v) is 10.9. The Hall–Kier alpha value is -3.37. The maximum atomic E-state index is 10.5. The van der Waals surface area contributed by atoms with Crippen molar-refractivity contribution < 1.29 is 14.2 Å². The van der Waals surface area contributed by atoms with Gasteiger partial charge in [-0.25, -0.2) is 4.98 Å². The first-order valence-electron chi connectivity index (χ1n) is 14.1. The molecule has 5 heterocycles. The zero-order chi connectivity index (χ0) is 29.2. The van der Waals surface area contributed by atoms with Crippen LogP contribution in [0.3, 0.4) is 0 Å². The molecule has 2 aromatic heterocycles. The Labute approximate surface area is 249 Å². The van der Waals surface area contributed by atoms with E-state index in [-0.39, 0.29) is 35.2 Å². The lowest BCUT2D eigenvalue weighted by molar-refractivity contribution is 0.0631. The van der Waals surface area contributed by atoms with E-state index in [4.69, 9.17) is 11.6 Å². The van der Waals surface area contributed by atoms with Crippen molar-refractivity contribution >= 4 is 51.0 Å². The summed E-state index contributed by atoms with van der Waals surface area (Å²) in [5.41, 5.74) is 2.39. The van der Waals surface area contributed by atoms with E-state index in [0.717, 1.165) is 44.5 Å². The highest BCUT2D eigenvalue weighted by molar-refractivity contribution is 8.24. The number of fused-ring (bicyclic) bond motifs is 2. The zero-order valence-electron chi connectivity index (χ0n) is 22.7. The van der Waals surface area contributed by atoms with Crippen molar-refractivity contribution in [1.82, 2.24) is 24.5 Å². The number of nitriles is 2. The first-order chi connectivity index (χ1) is 20.2. The highest BCUT2D eigenvalue weighted by atomic mass is 35.5. The summed E-state index contributed by atoms with van der Waals surface area (Å²) in [6.07, 6.45) is 4.56. The predicted molar refractivity (Wildman–Crippen MR) is 159 cm³/mol. The number of nitrogens with one attached hydrogen (secondary N) is 2. The fourth-order valence-corrected chi connectivity index (χ4v) is 8.79. The second kappa shape index (κ2) is 10.4. The van der Waals surface area contributed by atoms with Gasteiger partial charge >= 0.3 is 0 Å². The second-order valence-electron chi connectivity index (χ2n) is 11.6. The van der Waals surface area contributed by atoms with Crippen LogP contribution in [0.25, 0.3) is 5.65 Å². The van der Waals surface area contributed by atoms with Crippen LogP contribution in [0.2, 0.25) is 5.02 Å². The average Bonchev–Trinajstić information content (AvgIpc) is 3.41. The topological polar surface area (TPSA) is 182 Å². The van der Waals surface area contributed by atoms with Gasteiger partial charge < -0.3 is 20.6 Å². The van der Waals surface area contributed by atoms with Crippen LogP contribution in [0.15, 0.2) is 18.3 Å². The maximum Gasteiger partial charge on any atom is 0.247 e. The van der Waals surface area contributed by atoms with Gasteiger partial charge in [0.1, 0.15) is 6.07 Å². The van der Waals surface area contributed by atoms with Crippen LogP contribution in [0.5, 0.6) is 0 Å². The van der Waals surface area contributed by atoms with Crippen molar-refractivity contribution in [2.45, 2.75) is 49.9 Å². The molecule has 5 N–H and O–H groups in total. The number of aliphatic hydroxyl groups is 1. The van der Waals surface area contributed by atoms with Crippen molar-refractivity contribution in [3.05, 3.63) is 34.6 Å². The van der Waals surface area contributed by atoms with Gasteiger partial charge in [-0.2, -0.15) is 30.6 Å². The third-order valence-electron chi connectivity index (χ3n) is 8.79. The molecule has 15 heteroatoms. The molecule has 3 saturated heterocycles. The Kier molecular flexibility index (Phi) is 6.81. The van der Waals surface area contributed by atoms with Gasteiger partial charge in [0, 0.05) is 25.2 Å². The minimum Gasteiger partial charge on any atom is -0.390 e. The van der Waals surface area contributed by atoms with Crippen LogP contribution in [-0.2, 0) is 0 Å². The normalized spacial score (nSPS) is 27.8. The number of anilines is 4. The molecule has 1 aliphatic carbocycles. The lowest BCUT2D eigenvalue weighted by Gasteiger charge is -2.42. The molecular formula is C27H31ClN10O3S. The van der Waals surface area contributed by atoms with Crippen molar-refractivity contribution in [2.24, 2.45) is 5.92 Å². The summed E-state index contributed by atoms with van der Waals surface area (Å²) >= 11 is 6.98. The van der Waals surface area contributed by atoms with Crippen LogP contribution in [0, 0.1) is 28.6 Å². The molecule has 1 aromatic carbocycles. The predicted octanol–water partition coefficient (Wildman–Crippen LogP) is 3.23. The molecule has 3 aliphatic heterocycles. The number of halogens is 1. The molecule has 7 rings (SSSR count). The maximum absolute atomic E-state index is 10.5. The van der Waals surface area contributed by atoms with Crippen LogP contribution in [0.1, 0.15) is 36.9 Å². The molecular weight excluding hydrogens is 580 g/mol. The van der Waals surface area contributed by atoms with Gasteiger partial charge in [-0.05, 0) is 50.3 Å². The highest BCUT2D eigenvalue weighted by Crippen LogP contribution is 2.49. The van der Waals surface area contributed by atoms with E-state index in [0.29, 0.717) is 46.2 Å². The van der Waals surface area contributed by atoms with E-state index < -0.39 is 16.7 Å². The number of likely N-dealkylation sites (tertiary alicyclic amines) is 1. The molecule has 0 bridgehead atoms. The largest absolute Gasteiger partial charge is 0.390 e. The number of nitrogens with zero attached hydrogens (tertiary/aromatic N) is 8. The smallest absolute Gasteiger partial charge is 0.247 e. The first kappa shape index (κ1) is 27.5. The van der Waals surface area contributed by atoms with Gasteiger partial charge in [-0.3, -0.25) is 14.0 Å². The highest BCUT2D eigenvalue weighted by Gasteiger charge is 2.47. The quantitative estimate of drug-likeness (QED) is 0.275. The van der Waals surface area contributed by atoms with Crippen LogP contribution in [0.4, 0.5) is 23.1 Å². The summed E-state index contributed by atoms with van der Waals surface area (Å²) in [5.74, 6) is 1.34. The molecule has 4 fully saturated rings. The van der Waals surface area contributed by atoms with Crippen molar-refractivity contribution in [3.8, 4) is 12.1 Å². The Morgan fingerprint density at radius 3 is 2.60 bits per heavy atom. The van der Waals surface area contributed by atoms with Gasteiger partial charge in [0.05, 0.1) is 57.9 Å². The van der Waals surface area contributed by atoms with E-state index in [1.165, 1.54) is 10.7 Å². The molecule has 4 aliphatic rings. The Morgan fingerprint density at radius 1 is 1.05 bits per heavy atom. The van der Waals surface area contributed by atoms with Gasteiger partial charge in [0.25, 0.3) is 0 Å².